The van der Waals surface area contributed by atoms with Crippen molar-refractivity contribution in [2.45, 2.75) is 18.5 Å². The summed E-state index contributed by atoms with van der Waals surface area (Å²) in [6.07, 6.45) is -3.88. The summed E-state index contributed by atoms with van der Waals surface area (Å²) in [6.45, 7) is 0.236. The number of carbonyl (C=O) groups excluding carboxylic acids is 1. The van der Waals surface area contributed by atoms with E-state index in [2.05, 4.69) is 5.32 Å². The average molecular weight is 443 g/mol. The van der Waals surface area contributed by atoms with Crippen molar-refractivity contribution in [2.75, 3.05) is 20.8 Å². The first-order valence-corrected chi connectivity index (χ1v) is 10.0. The van der Waals surface area contributed by atoms with Gasteiger partial charge in [-0.15, -0.1) is 0 Å². The molecule has 0 heterocycles. The molecule has 0 aromatic heterocycles. The van der Waals surface area contributed by atoms with E-state index in [-0.39, 0.29) is 18.0 Å². The van der Waals surface area contributed by atoms with Crippen molar-refractivity contribution >= 4 is 5.91 Å². The third kappa shape index (κ3) is 5.81. The summed E-state index contributed by atoms with van der Waals surface area (Å²) in [6, 6.07) is 19.7. The van der Waals surface area contributed by atoms with E-state index in [1.54, 1.807) is 20.3 Å². The van der Waals surface area contributed by atoms with Crippen LogP contribution in [0.3, 0.4) is 0 Å². The first-order valence-electron chi connectivity index (χ1n) is 10.0. The number of alkyl halides is 3. The summed E-state index contributed by atoms with van der Waals surface area (Å²) >= 11 is 0. The number of nitrogens with one attached hydrogen (secondary N) is 1. The molecule has 3 rings (SSSR count). The van der Waals surface area contributed by atoms with E-state index in [9.17, 15) is 18.0 Å². The van der Waals surface area contributed by atoms with Gasteiger partial charge in [-0.1, -0.05) is 42.5 Å². The highest BCUT2D eigenvalue weighted by Crippen LogP contribution is 2.32. The van der Waals surface area contributed by atoms with Gasteiger partial charge in [-0.2, -0.15) is 13.2 Å². The van der Waals surface area contributed by atoms with Crippen LogP contribution >= 0.6 is 0 Å². The minimum atomic E-state index is -4.51. The Labute approximate surface area is 185 Å². The minimum Gasteiger partial charge on any atom is -0.493 e. The van der Waals surface area contributed by atoms with E-state index < -0.39 is 17.6 Å². The van der Waals surface area contributed by atoms with Crippen LogP contribution in [0.5, 0.6) is 11.5 Å². The molecule has 1 N–H and O–H groups in total. The van der Waals surface area contributed by atoms with Gasteiger partial charge in [0.25, 0.3) is 5.91 Å². The first kappa shape index (κ1) is 23.2. The van der Waals surface area contributed by atoms with Gasteiger partial charge in [-0.05, 0) is 47.9 Å². The predicted octanol–water partition coefficient (Wildman–Crippen LogP) is 5.48. The SMILES string of the molecule is COc1ccc([C@@H](CNC(=O)c2cccc(C(F)(F)F)c2)Cc2ccccc2)cc1OC. The zero-order valence-electron chi connectivity index (χ0n) is 17.8. The van der Waals surface area contributed by atoms with Gasteiger partial charge in [0.1, 0.15) is 0 Å². The van der Waals surface area contributed by atoms with E-state index in [1.165, 1.54) is 12.1 Å². The molecule has 0 spiro atoms. The summed E-state index contributed by atoms with van der Waals surface area (Å²) in [7, 11) is 3.09. The molecule has 0 aliphatic heterocycles. The maximum Gasteiger partial charge on any atom is 0.416 e. The lowest BCUT2D eigenvalue weighted by Crippen LogP contribution is -2.29. The van der Waals surface area contributed by atoms with Crippen molar-refractivity contribution < 1.29 is 27.4 Å². The Morgan fingerprint density at radius 1 is 0.906 bits per heavy atom. The highest BCUT2D eigenvalue weighted by atomic mass is 19.4. The normalized spacial score (nSPS) is 12.2. The highest BCUT2D eigenvalue weighted by molar-refractivity contribution is 5.94. The number of hydrogen-bond acceptors (Lipinski definition) is 3. The molecular weight excluding hydrogens is 419 g/mol. The Balaban J connectivity index is 1.82. The Morgan fingerprint density at radius 2 is 1.62 bits per heavy atom. The summed E-state index contributed by atoms with van der Waals surface area (Å²) < 4.78 is 49.7. The van der Waals surface area contributed by atoms with Crippen LogP contribution in [0, 0.1) is 0 Å². The lowest BCUT2D eigenvalue weighted by atomic mass is 9.91. The van der Waals surface area contributed by atoms with E-state index in [0.29, 0.717) is 17.9 Å². The number of methoxy groups -OCH3 is 2. The molecule has 0 aliphatic carbocycles. The number of rotatable bonds is 8. The quantitative estimate of drug-likeness (QED) is 0.502. The topological polar surface area (TPSA) is 47.6 Å². The second-order valence-electron chi connectivity index (χ2n) is 7.29. The van der Waals surface area contributed by atoms with Crippen LogP contribution in [0.2, 0.25) is 0 Å². The van der Waals surface area contributed by atoms with Crippen molar-refractivity contribution in [3.05, 3.63) is 95.1 Å². The number of carbonyl (C=O) groups is 1. The largest absolute Gasteiger partial charge is 0.493 e. The molecule has 0 fully saturated rings. The molecule has 3 aromatic rings. The summed E-state index contributed by atoms with van der Waals surface area (Å²) in [5.74, 6) is 0.455. The van der Waals surface area contributed by atoms with Gasteiger partial charge in [0.05, 0.1) is 19.8 Å². The molecule has 3 aromatic carbocycles. The molecule has 0 bridgehead atoms. The van der Waals surface area contributed by atoms with Gasteiger partial charge in [0, 0.05) is 18.0 Å². The third-order valence-corrected chi connectivity index (χ3v) is 5.17. The Morgan fingerprint density at radius 3 is 2.28 bits per heavy atom. The lowest BCUT2D eigenvalue weighted by Gasteiger charge is -2.20. The highest BCUT2D eigenvalue weighted by Gasteiger charge is 2.31. The molecule has 168 valence electrons. The molecule has 0 unspecified atom stereocenters. The minimum absolute atomic E-state index is 0.0365. The van der Waals surface area contributed by atoms with Gasteiger partial charge >= 0.3 is 6.18 Å². The average Bonchev–Trinajstić information content (AvgIpc) is 2.81. The van der Waals surface area contributed by atoms with Crippen LogP contribution in [0.15, 0.2) is 72.8 Å². The van der Waals surface area contributed by atoms with Crippen LogP contribution in [-0.2, 0) is 12.6 Å². The molecule has 0 saturated carbocycles. The van der Waals surface area contributed by atoms with Crippen LogP contribution in [0.4, 0.5) is 13.2 Å². The Kier molecular flexibility index (Phi) is 7.41. The fourth-order valence-corrected chi connectivity index (χ4v) is 3.47. The van der Waals surface area contributed by atoms with Crippen LogP contribution < -0.4 is 14.8 Å². The summed E-state index contributed by atoms with van der Waals surface area (Å²) in [5, 5.41) is 2.78. The molecule has 32 heavy (non-hydrogen) atoms. The Bertz CT molecular complexity index is 1050. The second kappa shape index (κ2) is 10.2. The predicted molar refractivity (Wildman–Crippen MR) is 116 cm³/mol. The van der Waals surface area contributed by atoms with Gasteiger partial charge in [-0.25, -0.2) is 0 Å². The van der Waals surface area contributed by atoms with Crippen molar-refractivity contribution in [3.8, 4) is 11.5 Å². The molecule has 0 saturated heterocycles. The van der Waals surface area contributed by atoms with Crippen LogP contribution in [0.1, 0.15) is 33.0 Å². The maximum atomic E-state index is 13.0. The molecule has 4 nitrogen and oxygen atoms in total. The van der Waals surface area contributed by atoms with Gasteiger partial charge in [0.15, 0.2) is 11.5 Å². The zero-order valence-corrected chi connectivity index (χ0v) is 17.8. The van der Waals surface area contributed by atoms with Gasteiger partial charge in [-0.3, -0.25) is 4.79 Å². The standard InChI is InChI=1S/C25H24F3NO3/c1-31-22-12-11-18(15-23(22)32-2)20(13-17-7-4-3-5-8-17)16-29-24(30)19-9-6-10-21(14-19)25(26,27)28/h3-12,14-15,20H,13,16H2,1-2H3,(H,29,30)/t20-/m1/s1. The van der Waals surface area contributed by atoms with Crippen molar-refractivity contribution in [3.63, 3.8) is 0 Å². The number of benzene rings is 3. The Hall–Kier alpha value is -3.48. The van der Waals surface area contributed by atoms with Gasteiger partial charge < -0.3 is 14.8 Å². The smallest absolute Gasteiger partial charge is 0.416 e. The van der Waals surface area contributed by atoms with E-state index in [4.69, 9.17) is 9.47 Å². The third-order valence-electron chi connectivity index (χ3n) is 5.17. The second-order valence-corrected chi connectivity index (χ2v) is 7.29. The molecule has 0 aliphatic rings. The molecule has 7 heteroatoms. The summed E-state index contributed by atoms with van der Waals surface area (Å²) in [5.41, 5.74) is 1.09. The number of ether oxygens (including phenoxy) is 2. The van der Waals surface area contributed by atoms with E-state index in [0.717, 1.165) is 23.3 Å². The number of amides is 1. The molecule has 1 amide bonds. The molecular formula is C25H24F3NO3. The van der Waals surface area contributed by atoms with Crippen molar-refractivity contribution in [1.82, 2.24) is 5.32 Å². The van der Waals surface area contributed by atoms with Crippen LogP contribution in [0.25, 0.3) is 0 Å². The zero-order chi connectivity index (χ0) is 23.1. The molecule has 1 atom stereocenters. The fourth-order valence-electron chi connectivity index (χ4n) is 3.47. The monoisotopic (exact) mass is 443 g/mol. The first-order chi connectivity index (χ1) is 15.3. The van der Waals surface area contributed by atoms with E-state index in [1.807, 2.05) is 42.5 Å². The van der Waals surface area contributed by atoms with Crippen LogP contribution in [-0.4, -0.2) is 26.7 Å². The fraction of sp³-hybridized carbons (Fsp3) is 0.240. The van der Waals surface area contributed by atoms with Gasteiger partial charge in [0.2, 0.25) is 0 Å². The molecule has 0 radical (unpaired) electrons. The maximum absolute atomic E-state index is 13.0. The number of hydrogen-bond donors (Lipinski definition) is 1. The lowest BCUT2D eigenvalue weighted by molar-refractivity contribution is -0.137. The van der Waals surface area contributed by atoms with Crippen molar-refractivity contribution in [2.24, 2.45) is 0 Å². The van der Waals surface area contributed by atoms with Crippen molar-refractivity contribution in [1.29, 1.82) is 0 Å². The van der Waals surface area contributed by atoms with E-state index >= 15 is 0 Å². The number of halogens is 3. The summed E-state index contributed by atoms with van der Waals surface area (Å²) in [4.78, 5) is 12.6.